The average molecular weight is 974 g/mol. The van der Waals surface area contributed by atoms with Crippen LogP contribution in [0, 0.1) is 18.8 Å². The number of fused-ring (bicyclic) bond motifs is 3. The van der Waals surface area contributed by atoms with E-state index in [2.05, 4.69) is 37.9 Å². The second-order valence-corrected chi connectivity index (χ2v) is 20.0. The van der Waals surface area contributed by atoms with E-state index in [0.29, 0.717) is 90.1 Å². The van der Waals surface area contributed by atoms with Crippen molar-refractivity contribution in [2.24, 2.45) is 18.9 Å². The molecule has 6 heterocycles. The molecule has 3 aliphatic rings. The molecular formula is C54H55N9O7S. The lowest BCUT2D eigenvalue weighted by atomic mass is 9.84. The summed E-state index contributed by atoms with van der Waals surface area (Å²) in [7, 11) is 1.81. The topological polar surface area (TPSA) is 201 Å². The van der Waals surface area contributed by atoms with E-state index in [1.165, 1.54) is 11.3 Å². The third kappa shape index (κ3) is 10.1. The molecule has 4 aromatic carbocycles. The fraction of sp³-hybridized carbons (Fsp3) is 0.333. The van der Waals surface area contributed by atoms with Gasteiger partial charge in [-0.15, -0.1) is 0 Å². The molecule has 0 radical (unpaired) electrons. The maximum Gasteiger partial charge on any atom is 0.355 e. The summed E-state index contributed by atoms with van der Waals surface area (Å²) in [4.78, 5) is 77.2. The Bertz CT molecular complexity index is 3200. The number of aromatic carboxylic acids is 1. The number of amides is 4. The first kappa shape index (κ1) is 47.2. The molecule has 16 nitrogen and oxygen atoms in total. The van der Waals surface area contributed by atoms with E-state index < -0.39 is 11.9 Å². The Labute approximate surface area is 414 Å². The van der Waals surface area contributed by atoms with Gasteiger partial charge in [-0.1, -0.05) is 48.6 Å². The zero-order valence-corrected chi connectivity index (χ0v) is 40.7. The van der Waals surface area contributed by atoms with Gasteiger partial charge in [0, 0.05) is 48.8 Å². The summed E-state index contributed by atoms with van der Waals surface area (Å²) in [6.45, 7) is 7.72. The molecule has 364 valence electrons. The van der Waals surface area contributed by atoms with Gasteiger partial charge in [0.25, 0.3) is 5.91 Å². The Hall–Kier alpha value is -7.50. The van der Waals surface area contributed by atoms with E-state index in [9.17, 15) is 29.1 Å². The van der Waals surface area contributed by atoms with E-state index in [1.807, 2.05) is 103 Å². The van der Waals surface area contributed by atoms with Crippen LogP contribution in [0.15, 0.2) is 91.0 Å². The fourth-order valence-corrected chi connectivity index (χ4v) is 11.2. The zero-order valence-electron chi connectivity index (χ0n) is 39.9. The molecule has 3 aliphatic heterocycles. The first-order valence-corrected chi connectivity index (χ1v) is 25.0. The highest BCUT2D eigenvalue weighted by molar-refractivity contribution is 7.22. The van der Waals surface area contributed by atoms with E-state index in [-0.39, 0.29) is 35.7 Å². The predicted octanol–water partition coefficient (Wildman–Crippen LogP) is 8.34. The Morgan fingerprint density at radius 1 is 0.901 bits per heavy atom. The lowest BCUT2D eigenvalue weighted by molar-refractivity contribution is -0.134. The molecule has 7 aromatic rings. The van der Waals surface area contributed by atoms with Crippen molar-refractivity contribution in [2.45, 2.75) is 64.8 Å². The van der Waals surface area contributed by atoms with Crippen LogP contribution >= 0.6 is 11.3 Å². The largest absolute Gasteiger partial charge is 0.494 e. The number of carbonyl (C=O) groups is 5. The molecule has 2 saturated heterocycles. The summed E-state index contributed by atoms with van der Waals surface area (Å²) in [5.41, 5.74) is 7.54. The Balaban J connectivity index is 0.703. The summed E-state index contributed by atoms with van der Waals surface area (Å²) in [6.07, 6.45) is 4.22. The van der Waals surface area contributed by atoms with Gasteiger partial charge in [0.2, 0.25) is 17.7 Å². The molecule has 4 amide bonds. The van der Waals surface area contributed by atoms with Crippen molar-refractivity contribution in [3.63, 3.8) is 0 Å². The second-order valence-electron chi connectivity index (χ2n) is 18.9. The van der Waals surface area contributed by atoms with Crippen LogP contribution < -0.4 is 25.6 Å². The number of aromatic nitrogens is 4. The number of para-hydroxylation sites is 1. The van der Waals surface area contributed by atoms with Crippen LogP contribution in [0.3, 0.4) is 0 Å². The van der Waals surface area contributed by atoms with Crippen LogP contribution in [-0.2, 0) is 34.4 Å². The summed E-state index contributed by atoms with van der Waals surface area (Å²) < 4.78 is 8.95. The highest BCUT2D eigenvalue weighted by atomic mass is 32.1. The van der Waals surface area contributed by atoms with Gasteiger partial charge >= 0.3 is 5.97 Å². The van der Waals surface area contributed by atoms with Gasteiger partial charge in [-0.25, -0.2) is 14.8 Å². The molecule has 4 N–H and O–H groups in total. The maximum atomic E-state index is 13.6. The van der Waals surface area contributed by atoms with Crippen LogP contribution in [0.1, 0.15) is 88.2 Å². The summed E-state index contributed by atoms with van der Waals surface area (Å²) in [5.74, 6) is -0.361. The number of nitrogens with one attached hydrogen (secondary N) is 3. The normalized spacial score (nSPS) is 16.9. The number of imide groups is 1. The summed E-state index contributed by atoms with van der Waals surface area (Å²) in [6, 6.07) is 28.5. The van der Waals surface area contributed by atoms with Crippen LogP contribution in [0.4, 0.5) is 16.6 Å². The molecule has 2 unspecified atom stereocenters. The number of piperidine rings is 2. The molecule has 2 atom stereocenters. The van der Waals surface area contributed by atoms with Crippen molar-refractivity contribution in [1.29, 1.82) is 0 Å². The van der Waals surface area contributed by atoms with Gasteiger partial charge in [0.15, 0.2) is 10.8 Å². The third-order valence-corrected chi connectivity index (χ3v) is 15.3. The van der Waals surface area contributed by atoms with Crippen molar-refractivity contribution in [1.82, 2.24) is 30.0 Å². The number of ether oxygens (including phenoxy) is 1. The molecule has 10 rings (SSSR count). The van der Waals surface area contributed by atoms with Crippen LogP contribution in [-0.4, -0.2) is 92.1 Å². The molecule has 17 heteroatoms. The van der Waals surface area contributed by atoms with E-state index in [1.54, 1.807) is 11.7 Å². The maximum absolute atomic E-state index is 13.6. The lowest BCUT2D eigenvalue weighted by Crippen LogP contribution is -2.40. The molecule has 0 bridgehead atoms. The monoisotopic (exact) mass is 973 g/mol. The van der Waals surface area contributed by atoms with Crippen molar-refractivity contribution in [2.75, 3.05) is 48.3 Å². The Morgan fingerprint density at radius 2 is 1.72 bits per heavy atom. The van der Waals surface area contributed by atoms with Crippen LogP contribution in [0.25, 0.3) is 32.2 Å². The zero-order chi connectivity index (χ0) is 49.3. The quantitative estimate of drug-likeness (QED) is 0.0761. The van der Waals surface area contributed by atoms with E-state index in [4.69, 9.17) is 9.72 Å². The number of pyridine rings is 1. The standard InChI is InChI=1S/C54H55N9O7S/c1-31(33-19-23-62(24-20-33)30-48(65)55-35-11-13-40-44(28-35)61(3)60-49(40)41-16-18-47(64)58-52(41)67)22-26-70-36-12-14-37(32(2)27-36)38-15-17-46(57-50(38)53(68)69)63-25-21-34-7-6-8-39(42(34)29-63)51(66)59-54-56-43-9-4-5-10-45(43)71-54/h4-15,17,27-28,31,33,41H,16,18-26,29-30H2,1-3H3,(H,55,65)(H,68,69)(H,56,59,66)(H,58,64,67). The number of anilines is 3. The summed E-state index contributed by atoms with van der Waals surface area (Å²) in [5, 5.41) is 24.8. The number of thiazole rings is 1. The van der Waals surface area contributed by atoms with E-state index >= 15 is 0 Å². The molecule has 2 fully saturated rings. The SMILES string of the molecule is Cc1cc(OCCC(C)C2CCN(CC(=O)Nc3ccc4c(C5CCC(=O)NC5=O)nn(C)c4c3)CC2)ccc1-c1ccc(N2CCc3cccc(C(=O)Nc4nc5ccccc5s4)c3C2)nc1C(=O)O. The molecular weight excluding hydrogens is 919 g/mol. The number of carboxylic acids is 1. The number of carbonyl (C=O) groups excluding carboxylic acids is 4. The first-order valence-electron chi connectivity index (χ1n) is 24.2. The number of benzene rings is 4. The predicted molar refractivity (Wildman–Crippen MR) is 273 cm³/mol. The van der Waals surface area contributed by atoms with Crippen molar-refractivity contribution < 1.29 is 33.8 Å². The van der Waals surface area contributed by atoms with Crippen LogP contribution in [0.5, 0.6) is 5.75 Å². The minimum atomic E-state index is -1.12. The molecule has 71 heavy (non-hydrogen) atoms. The number of carboxylic acid groups (broad SMARTS) is 1. The average Bonchev–Trinajstić information content (AvgIpc) is 3.92. The fourth-order valence-electron chi connectivity index (χ4n) is 10.4. The van der Waals surface area contributed by atoms with Gasteiger partial charge in [-0.2, -0.15) is 5.10 Å². The van der Waals surface area contributed by atoms with Gasteiger partial charge in [0.1, 0.15) is 11.6 Å². The third-order valence-electron chi connectivity index (χ3n) is 14.3. The van der Waals surface area contributed by atoms with Gasteiger partial charge in [-0.05, 0) is 147 Å². The van der Waals surface area contributed by atoms with Crippen LogP contribution in [0.2, 0.25) is 0 Å². The minimum Gasteiger partial charge on any atom is -0.494 e. The Morgan fingerprint density at radius 3 is 2.51 bits per heavy atom. The number of hydrogen-bond acceptors (Lipinski definition) is 12. The summed E-state index contributed by atoms with van der Waals surface area (Å²) >= 11 is 1.43. The lowest BCUT2D eigenvalue weighted by Gasteiger charge is -2.34. The van der Waals surface area contributed by atoms with E-state index in [0.717, 1.165) is 75.7 Å². The van der Waals surface area contributed by atoms with Crippen molar-refractivity contribution in [3.8, 4) is 16.9 Å². The second kappa shape index (κ2) is 20.1. The smallest absolute Gasteiger partial charge is 0.355 e. The van der Waals surface area contributed by atoms with Gasteiger partial charge in [-0.3, -0.25) is 39.4 Å². The molecule has 0 aliphatic carbocycles. The highest BCUT2D eigenvalue weighted by Gasteiger charge is 2.32. The van der Waals surface area contributed by atoms with Crippen molar-refractivity contribution in [3.05, 3.63) is 125 Å². The number of rotatable bonds is 14. The van der Waals surface area contributed by atoms with Gasteiger partial charge in [0.05, 0.1) is 40.5 Å². The first-order chi connectivity index (χ1) is 34.3. The molecule has 3 aromatic heterocycles. The van der Waals surface area contributed by atoms with Crippen molar-refractivity contribution >= 4 is 78.7 Å². The number of hydrogen-bond donors (Lipinski definition) is 4. The molecule has 0 saturated carbocycles. The molecule has 0 spiro atoms. The number of likely N-dealkylation sites (tertiary alicyclic amines) is 1. The minimum absolute atomic E-state index is 0.0430. The highest BCUT2D eigenvalue weighted by Crippen LogP contribution is 2.35. The number of nitrogens with zero attached hydrogens (tertiary/aromatic N) is 6. The van der Waals surface area contributed by atoms with Gasteiger partial charge < -0.3 is 20.1 Å². The Kier molecular flexibility index (Phi) is 13.3. The number of aryl methyl sites for hydroxylation is 2.